The Morgan fingerprint density at radius 1 is 0.867 bits per heavy atom. The number of rotatable bonds is 13. The van der Waals surface area contributed by atoms with E-state index in [1.54, 1.807) is 0 Å². The summed E-state index contributed by atoms with van der Waals surface area (Å²) >= 11 is 0. The van der Waals surface area contributed by atoms with Crippen LogP contribution in [0.4, 0.5) is 0 Å². The molecule has 2 fully saturated rings. The number of unbranched alkanes of at least 4 members (excludes halogenated alkanes) is 7. The van der Waals surface area contributed by atoms with Crippen LogP contribution in [0.25, 0.3) is 0 Å². The number of nitrogens with zero attached hydrogens (tertiary/aromatic N) is 1. The number of hydrogen-bond acceptors (Lipinski definition) is 3. The molecular weight excluding hydrogens is 370 g/mol. The van der Waals surface area contributed by atoms with E-state index in [0.717, 1.165) is 50.9 Å². The van der Waals surface area contributed by atoms with Crippen LogP contribution in [-0.2, 0) is 9.53 Å². The Balaban J connectivity index is 1.63. The van der Waals surface area contributed by atoms with Gasteiger partial charge in [-0.15, -0.1) is 0 Å². The van der Waals surface area contributed by atoms with E-state index in [9.17, 15) is 10.1 Å². The van der Waals surface area contributed by atoms with Gasteiger partial charge in [-0.3, -0.25) is 4.79 Å². The van der Waals surface area contributed by atoms with Gasteiger partial charge in [0.25, 0.3) is 0 Å². The molecule has 3 heteroatoms. The van der Waals surface area contributed by atoms with Crippen LogP contribution in [0.3, 0.4) is 0 Å². The van der Waals surface area contributed by atoms with Gasteiger partial charge in [0, 0.05) is 0 Å². The molecule has 3 nitrogen and oxygen atoms in total. The minimum absolute atomic E-state index is 0.0471. The zero-order valence-corrected chi connectivity index (χ0v) is 19.9. The van der Waals surface area contributed by atoms with Crippen molar-refractivity contribution >= 4 is 5.97 Å². The van der Waals surface area contributed by atoms with Gasteiger partial charge in [-0.1, -0.05) is 78.1 Å². The molecule has 0 aliphatic heterocycles. The Kier molecular flexibility index (Phi) is 11.9. The predicted molar refractivity (Wildman–Crippen MR) is 124 cm³/mol. The molecule has 2 rings (SSSR count). The molecule has 30 heavy (non-hydrogen) atoms. The van der Waals surface area contributed by atoms with Crippen LogP contribution >= 0.6 is 0 Å². The maximum absolute atomic E-state index is 12.7. The second-order valence-corrected chi connectivity index (χ2v) is 10.3. The lowest BCUT2D eigenvalue weighted by atomic mass is 9.71. The quantitative estimate of drug-likeness (QED) is 0.224. The van der Waals surface area contributed by atoms with Crippen molar-refractivity contribution in [2.24, 2.45) is 17.3 Å². The summed E-state index contributed by atoms with van der Waals surface area (Å²) in [5, 5.41) is 9.77. The number of carbonyl (C=O) groups is 1. The van der Waals surface area contributed by atoms with E-state index >= 15 is 0 Å². The highest BCUT2D eigenvalue weighted by Crippen LogP contribution is 2.41. The van der Waals surface area contributed by atoms with Gasteiger partial charge in [-0.25, -0.2) is 0 Å². The molecule has 0 aromatic rings. The summed E-state index contributed by atoms with van der Waals surface area (Å²) in [6.45, 7) is 4.50. The van der Waals surface area contributed by atoms with Crippen LogP contribution in [-0.4, -0.2) is 12.1 Å². The summed E-state index contributed by atoms with van der Waals surface area (Å²) in [4.78, 5) is 12.7. The fraction of sp³-hybridized carbons (Fsp3) is 0.926. The van der Waals surface area contributed by atoms with Crippen LogP contribution < -0.4 is 0 Å². The molecule has 0 N–H and O–H groups in total. The third-order valence-corrected chi connectivity index (χ3v) is 7.81. The summed E-state index contributed by atoms with van der Waals surface area (Å²) in [5.41, 5.74) is -0.162. The zero-order valence-electron chi connectivity index (χ0n) is 19.9. The average molecular weight is 418 g/mol. The van der Waals surface area contributed by atoms with Gasteiger partial charge in [0.2, 0.25) is 0 Å². The molecule has 0 spiro atoms. The number of carbonyl (C=O) groups excluding carboxylic acids is 1. The van der Waals surface area contributed by atoms with Crippen molar-refractivity contribution in [3.05, 3.63) is 0 Å². The van der Waals surface area contributed by atoms with Gasteiger partial charge < -0.3 is 4.74 Å². The van der Waals surface area contributed by atoms with Gasteiger partial charge in [0.1, 0.15) is 6.10 Å². The number of nitriles is 1. The van der Waals surface area contributed by atoms with Crippen molar-refractivity contribution in [2.45, 2.75) is 142 Å². The van der Waals surface area contributed by atoms with Gasteiger partial charge in [-0.05, 0) is 63.7 Å². The second-order valence-electron chi connectivity index (χ2n) is 10.3. The molecule has 0 bridgehead atoms. The van der Waals surface area contributed by atoms with Gasteiger partial charge in [0.15, 0.2) is 0 Å². The van der Waals surface area contributed by atoms with Crippen molar-refractivity contribution in [3.63, 3.8) is 0 Å². The first-order chi connectivity index (χ1) is 14.6. The molecule has 0 aromatic carbocycles. The number of esters is 1. The molecule has 0 aromatic heterocycles. The molecule has 0 saturated heterocycles. The Hall–Kier alpha value is -1.04. The van der Waals surface area contributed by atoms with Crippen molar-refractivity contribution in [1.29, 1.82) is 5.26 Å². The third kappa shape index (κ3) is 8.60. The Labute approximate surface area is 186 Å². The topological polar surface area (TPSA) is 50.1 Å². The van der Waals surface area contributed by atoms with E-state index in [4.69, 9.17) is 4.74 Å². The molecule has 0 unspecified atom stereocenters. The van der Waals surface area contributed by atoms with Gasteiger partial charge in [-0.2, -0.15) is 5.26 Å². The van der Waals surface area contributed by atoms with Crippen molar-refractivity contribution < 1.29 is 9.53 Å². The first-order valence-electron chi connectivity index (χ1n) is 13.2. The monoisotopic (exact) mass is 417 g/mol. The smallest absolute Gasteiger partial charge is 0.309 e. The van der Waals surface area contributed by atoms with E-state index in [-0.39, 0.29) is 23.4 Å². The highest BCUT2D eigenvalue weighted by atomic mass is 16.5. The van der Waals surface area contributed by atoms with E-state index in [1.807, 2.05) is 0 Å². The summed E-state index contributed by atoms with van der Waals surface area (Å²) in [7, 11) is 0. The second kappa shape index (κ2) is 14.1. The zero-order chi connectivity index (χ0) is 21.7. The maximum Gasteiger partial charge on any atom is 0.309 e. The van der Waals surface area contributed by atoms with E-state index in [1.165, 1.54) is 77.0 Å². The van der Waals surface area contributed by atoms with Crippen LogP contribution in [0, 0.1) is 28.6 Å². The minimum atomic E-state index is -0.162. The normalized spacial score (nSPS) is 29.3. The standard InChI is InChI=1S/C27H47NO2/c1-3-5-7-9-11-19-27(22-28)20-17-25(18-21-27)30-26(29)24-15-13-23(14-16-24)12-10-8-6-4-2/h23-25H,3-21H2,1-2H3/t23-,24-,25-,27+. The molecule has 2 aliphatic carbocycles. The SMILES string of the molecule is CCCCCCC[C@]1(C#N)CC[C@@H](OC(=O)[C@H]2CC[C@H](CCCCCC)CC2)CC1. The summed E-state index contributed by atoms with van der Waals surface area (Å²) in [6.07, 6.45) is 22.1. The number of hydrogen-bond donors (Lipinski definition) is 0. The average Bonchev–Trinajstić information content (AvgIpc) is 2.78. The predicted octanol–water partition coefficient (Wildman–Crippen LogP) is 8.12. The highest BCUT2D eigenvalue weighted by molar-refractivity contribution is 5.72. The Morgan fingerprint density at radius 2 is 1.47 bits per heavy atom. The third-order valence-electron chi connectivity index (χ3n) is 7.81. The Morgan fingerprint density at radius 3 is 2.07 bits per heavy atom. The van der Waals surface area contributed by atoms with Crippen molar-refractivity contribution in [1.82, 2.24) is 0 Å². The van der Waals surface area contributed by atoms with Crippen LogP contribution in [0.2, 0.25) is 0 Å². The molecule has 172 valence electrons. The first kappa shape index (κ1) is 25.2. The largest absolute Gasteiger partial charge is 0.462 e. The van der Waals surface area contributed by atoms with Crippen LogP contribution in [0.15, 0.2) is 0 Å². The van der Waals surface area contributed by atoms with Crippen molar-refractivity contribution in [3.8, 4) is 6.07 Å². The fourth-order valence-electron chi connectivity index (χ4n) is 5.55. The van der Waals surface area contributed by atoms with Gasteiger partial charge in [0.05, 0.1) is 17.4 Å². The van der Waals surface area contributed by atoms with E-state index in [2.05, 4.69) is 19.9 Å². The molecule has 0 radical (unpaired) electrons. The summed E-state index contributed by atoms with van der Waals surface area (Å²) in [5.74, 6) is 1.00. The molecule has 2 saturated carbocycles. The lowest BCUT2D eigenvalue weighted by Crippen LogP contribution is -2.33. The van der Waals surface area contributed by atoms with Gasteiger partial charge >= 0.3 is 5.97 Å². The van der Waals surface area contributed by atoms with E-state index < -0.39 is 0 Å². The molecule has 0 atom stereocenters. The summed E-state index contributed by atoms with van der Waals surface area (Å²) in [6, 6.07) is 2.63. The van der Waals surface area contributed by atoms with E-state index in [0.29, 0.717) is 0 Å². The molecule has 2 aliphatic rings. The lowest BCUT2D eigenvalue weighted by molar-refractivity contribution is -0.158. The van der Waals surface area contributed by atoms with Crippen LogP contribution in [0.5, 0.6) is 0 Å². The van der Waals surface area contributed by atoms with Crippen molar-refractivity contribution in [2.75, 3.05) is 0 Å². The fourth-order valence-corrected chi connectivity index (χ4v) is 5.55. The first-order valence-corrected chi connectivity index (χ1v) is 13.2. The van der Waals surface area contributed by atoms with Crippen LogP contribution in [0.1, 0.15) is 136 Å². The summed E-state index contributed by atoms with van der Waals surface area (Å²) < 4.78 is 5.93. The maximum atomic E-state index is 12.7. The molecule has 0 amide bonds. The number of ether oxygens (including phenoxy) is 1. The molecule has 0 heterocycles. The Bertz CT molecular complexity index is 507. The lowest BCUT2D eigenvalue weighted by Gasteiger charge is -2.35. The molecular formula is C27H47NO2. The minimum Gasteiger partial charge on any atom is -0.462 e. The highest BCUT2D eigenvalue weighted by Gasteiger charge is 2.37.